The first kappa shape index (κ1) is 30.9. The van der Waals surface area contributed by atoms with Crippen LogP contribution in [0.3, 0.4) is 0 Å². The van der Waals surface area contributed by atoms with Crippen LogP contribution in [0.2, 0.25) is 18.1 Å². The molecule has 0 aliphatic carbocycles. The molecule has 0 bridgehead atoms. The van der Waals surface area contributed by atoms with Gasteiger partial charge < -0.3 is 28.5 Å². The SMILES string of the molecule is COc1ccc(COC(/C(F)=C\[C@@H](C)C(C)O[Si](C)(C)C(C)(C)C)[C@H]2OC(C)(C)O[C@H]2CCO)cc1. The second-order valence-corrected chi connectivity index (χ2v) is 16.5. The molecule has 0 spiro atoms. The number of rotatable bonds is 12. The van der Waals surface area contributed by atoms with E-state index in [0.717, 1.165) is 11.3 Å². The first-order chi connectivity index (χ1) is 16.6. The first-order valence-electron chi connectivity index (χ1n) is 12.9. The molecule has 0 radical (unpaired) electrons. The summed E-state index contributed by atoms with van der Waals surface area (Å²) in [5.41, 5.74) is 0.883. The fourth-order valence-corrected chi connectivity index (χ4v) is 5.44. The molecule has 1 aliphatic rings. The van der Waals surface area contributed by atoms with Crippen molar-refractivity contribution in [1.29, 1.82) is 0 Å². The Morgan fingerprint density at radius 1 is 1.17 bits per heavy atom. The lowest BCUT2D eigenvalue weighted by atomic mass is 10.00. The van der Waals surface area contributed by atoms with E-state index < -0.39 is 38.2 Å². The summed E-state index contributed by atoms with van der Waals surface area (Å²) in [4.78, 5) is 0. The van der Waals surface area contributed by atoms with Crippen molar-refractivity contribution in [3.8, 4) is 5.75 Å². The topological polar surface area (TPSA) is 66.4 Å². The predicted octanol–water partition coefficient (Wildman–Crippen LogP) is 6.38. The normalized spacial score (nSPS) is 23.4. The van der Waals surface area contributed by atoms with Crippen molar-refractivity contribution in [2.75, 3.05) is 13.7 Å². The molecular formula is C28H47FO6Si. The molecule has 0 amide bonds. The fraction of sp³-hybridized carbons (Fsp3) is 0.714. The predicted molar refractivity (Wildman–Crippen MR) is 143 cm³/mol. The van der Waals surface area contributed by atoms with Gasteiger partial charge in [0.05, 0.1) is 19.8 Å². The molecule has 6 nitrogen and oxygen atoms in total. The fourth-order valence-electron chi connectivity index (χ4n) is 3.94. The van der Waals surface area contributed by atoms with Crippen LogP contribution in [0.25, 0.3) is 0 Å². The Bertz CT molecular complexity index is 849. The lowest BCUT2D eigenvalue weighted by Gasteiger charge is -2.39. The van der Waals surface area contributed by atoms with Crippen molar-refractivity contribution in [3.05, 3.63) is 41.7 Å². The van der Waals surface area contributed by atoms with Gasteiger partial charge in [-0.3, -0.25) is 0 Å². The third kappa shape index (κ3) is 8.36. The van der Waals surface area contributed by atoms with Gasteiger partial charge in [0.1, 0.15) is 23.8 Å². The van der Waals surface area contributed by atoms with Crippen molar-refractivity contribution in [1.82, 2.24) is 0 Å². The van der Waals surface area contributed by atoms with Gasteiger partial charge in [-0.15, -0.1) is 0 Å². The van der Waals surface area contributed by atoms with E-state index in [9.17, 15) is 5.11 Å². The van der Waals surface area contributed by atoms with Gasteiger partial charge in [0.15, 0.2) is 14.1 Å². The Morgan fingerprint density at radius 3 is 2.31 bits per heavy atom. The number of halogens is 1. The standard InChI is InChI=1S/C28H47FO6Si/c1-19(20(2)35-36(9,10)27(3,4)5)17-23(29)25(26-24(15-16-30)33-28(6,7)34-26)32-18-21-11-13-22(31-8)14-12-21/h11-14,17,19-20,24-26,30H,15-16,18H2,1-10H3/b23-17+/t19-,20?,24+,25?,26+/m1/s1. The maximum atomic E-state index is 16.0. The minimum atomic E-state index is -2.01. The maximum absolute atomic E-state index is 16.0. The molecule has 2 rings (SSSR count). The van der Waals surface area contributed by atoms with Crippen LogP contribution in [-0.4, -0.2) is 57.3 Å². The molecule has 1 fully saturated rings. The highest BCUT2D eigenvalue weighted by Gasteiger charge is 2.47. The summed E-state index contributed by atoms with van der Waals surface area (Å²) in [6.07, 6.45) is -0.449. The molecule has 0 aromatic heterocycles. The van der Waals surface area contributed by atoms with E-state index in [1.54, 1.807) is 27.0 Å². The van der Waals surface area contributed by atoms with Crippen LogP contribution in [0, 0.1) is 5.92 Å². The summed E-state index contributed by atoms with van der Waals surface area (Å²) in [6, 6.07) is 7.45. The molecule has 8 heteroatoms. The van der Waals surface area contributed by atoms with E-state index in [-0.39, 0.29) is 30.3 Å². The number of aliphatic hydroxyl groups excluding tert-OH is 1. The van der Waals surface area contributed by atoms with Crippen LogP contribution in [0.4, 0.5) is 4.39 Å². The van der Waals surface area contributed by atoms with Crippen molar-refractivity contribution in [2.24, 2.45) is 5.92 Å². The highest BCUT2D eigenvalue weighted by molar-refractivity contribution is 6.74. The molecule has 1 heterocycles. The largest absolute Gasteiger partial charge is 0.497 e. The van der Waals surface area contributed by atoms with Crippen molar-refractivity contribution < 1.29 is 32.9 Å². The van der Waals surface area contributed by atoms with E-state index in [0.29, 0.717) is 6.42 Å². The number of hydrogen-bond acceptors (Lipinski definition) is 6. The van der Waals surface area contributed by atoms with Crippen LogP contribution in [0.5, 0.6) is 5.75 Å². The Balaban J connectivity index is 2.28. The van der Waals surface area contributed by atoms with Gasteiger partial charge in [-0.25, -0.2) is 4.39 Å². The van der Waals surface area contributed by atoms with Gasteiger partial charge in [-0.05, 0) is 69.1 Å². The van der Waals surface area contributed by atoms with Crippen molar-refractivity contribution in [3.63, 3.8) is 0 Å². The van der Waals surface area contributed by atoms with Gasteiger partial charge in [0, 0.05) is 18.6 Å². The molecular weight excluding hydrogens is 479 g/mol. The van der Waals surface area contributed by atoms with Crippen molar-refractivity contribution >= 4 is 8.32 Å². The second kappa shape index (κ2) is 12.5. The number of hydrogen-bond donors (Lipinski definition) is 1. The molecule has 1 aromatic carbocycles. The average Bonchev–Trinajstić information content (AvgIpc) is 3.07. The Kier molecular flexibility index (Phi) is 10.7. The highest BCUT2D eigenvalue weighted by Crippen LogP contribution is 2.39. The average molecular weight is 527 g/mol. The van der Waals surface area contributed by atoms with Crippen LogP contribution < -0.4 is 4.74 Å². The Labute approximate surface area is 218 Å². The Morgan fingerprint density at radius 2 is 1.78 bits per heavy atom. The quantitative estimate of drug-likeness (QED) is 0.319. The minimum absolute atomic E-state index is 0.0609. The molecule has 36 heavy (non-hydrogen) atoms. The molecule has 1 aliphatic heterocycles. The van der Waals surface area contributed by atoms with E-state index in [4.69, 9.17) is 23.4 Å². The number of benzene rings is 1. The lowest BCUT2D eigenvalue weighted by Crippen LogP contribution is -2.44. The summed E-state index contributed by atoms with van der Waals surface area (Å²) in [5, 5.41) is 9.64. The summed E-state index contributed by atoms with van der Waals surface area (Å²) < 4.78 is 45.9. The number of aliphatic hydroxyl groups is 1. The van der Waals surface area contributed by atoms with Gasteiger partial charge in [0.2, 0.25) is 0 Å². The van der Waals surface area contributed by atoms with Gasteiger partial charge >= 0.3 is 0 Å². The molecule has 1 N–H and O–H groups in total. The van der Waals surface area contributed by atoms with Crippen LogP contribution >= 0.6 is 0 Å². The summed E-state index contributed by atoms with van der Waals surface area (Å²) >= 11 is 0. The minimum Gasteiger partial charge on any atom is -0.497 e. The van der Waals surface area contributed by atoms with Gasteiger partial charge in [0.25, 0.3) is 0 Å². The maximum Gasteiger partial charge on any atom is 0.192 e. The third-order valence-electron chi connectivity index (χ3n) is 7.24. The lowest BCUT2D eigenvalue weighted by molar-refractivity contribution is -0.158. The van der Waals surface area contributed by atoms with E-state index in [1.807, 2.05) is 38.1 Å². The third-order valence-corrected chi connectivity index (χ3v) is 11.8. The van der Waals surface area contributed by atoms with Crippen LogP contribution in [0.1, 0.15) is 60.5 Å². The number of ether oxygens (including phenoxy) is 4. The molecule has 206 valence electrons. The monoisotopic (exact) mass is 526 g/mol. The summed E-state index contributed by atoms with van der Waals surface area (Å²) in [6.45, 7) is 18.6. The molecule has 1 saturated heterocycles. The molecule has 1 aromatic rings. The Hall–Kier alpha value is -1.29. The van der Waals surface area contributed by atoms with Gasteiger partial charge in [-0.1, -0.05) is 39.8 Å². The van der Waals surface area contributed by atoms with Crippen LogP contribution in [-0.2, 0) is 25.2 Å². The van der Waals surface area contributed by atoms with E-state index in [1.165, 1.54) is 0 Å². The van der Waals surface area contributed by atoms with Gasteiger partial charge in [-0.2, -0.15) is 0 Å². The molecule has 2 unspecified atom stereocenters. The van der Waals surface area contributed by atoms with E-state index in [2.05, 4.69) is 33.9 Å². The molecule has 0 saturated carbocycles. The number of methoxy groups -OCH3 is 1. The highest BCUT2D eigenvalue weighted by atomic mass is 28.4. The smallest absolute Gasteiger partial charge is 0.192 e. The van der Waals surface area contributed by atoms with Crippen molar-refractivity contribution in [2.45, 2.75) is 110 Å². The van der Waals surface area contributed by atoms with Crippen LogP contribution in [0.15, 0.2) is 36.2 Å². The zero-order valence-electron chi connectivity index (χ0n) is 23.8. The first-order valence-corrected chi connectivity index (χ1v) is 15.8. The second-order valence-electron chi connectivity index (χ2n) is 11.7. The summed E-state index contributed by atoms with van der Waals surface area (Å²) in [5.74, 6) is -0.770. The zero-order valence-corrected chi connectivity index (χ0v) is 24.8. The van der Waals surface area contributed by atoms with E-state index >= 15 is 4.39 Å². The molecule has 5 atom stereocenters. The zero-order chi connectivity index (χ0) is 27.3. The summed E-state index contributed by atoms with van der Waals surface area (Å²) in [7, 11) is -0.398.